The lowest BCUT2D eigenvalue weighted by molar-refractivity contribution is 0.102. The third kappa shape index (κ3) is 3.32. The maximum absolute atomic E-state index is 13.8. The predicted octanol–water partition coefficient (Wildman–Crippen LogP) is 4.36. The van der Waals surface area contributed by atoms with E-state index < -0.39 is 29.0 Å². The molecule has 0 aliphatic carbocycles. The van der Waals surface area contributed by atoms with E-state index in [1.807, 2.05) is 0 Å². The third-order valence-electron chi connectivity index (χ3n) is 4.61. The van der Waals surface area contributed by atoms with Crippen LogP contribution in [-0.4, -0.2) is 15.5 Å². The van der Waals surface area contributed by atoms with Crippen molar-refractivity contribution in [2.24, 2.45) is 0 Å². The number of nitrogens with one attached hydrogen (secondary N) is 1. The average Bonchev–Trinajstić information content (AvgIpc) is 2.74. The Kier molecular flexibility index (Phi) is 4.83. The van der Waals surface area contributed by atoms with E-state index >= 15 is 0 Å². The molecule has 30 heavy (non-hydrogen) atoms. The molecule has 4 aromatic rings. The van der Waals surface area contributed by atoms with Gasteiger partial charge in [-0.1, -0.05) is 12.1 Å². The van der Waals surface area contributed by atoms with Gasteiger partial charge in [-0.3, -0.25) is 14.2 Å². The Labute approximate surface area is 168 Å². The lowest BCUT2D eigenvalue weighted by atomic mass is 10.1. The highest BCUT2D eigenvalue weighted by atomic mass is 19.2. The molecule has 1 amide bonds. The molecule has 0 spiro atoms. The average molecular weight is 409 g/mol. The fourth-order valence-corrected chi connectivity index (χ4v) is 3.13. The van der Waals surface area contributed by atoms with Gasteiger partial charge in [0.15, 0.2) is 17.5 Å². The molecule has 0 aliphatic heterocycles. The van der Waals surface area contributed by atoms with Gasteiger partial charge < -0.3 is 5.32 Å². The van der Waals surface area contributed by atoms with Crippen LogP contribution in [0.25, 0.3) is 16.6 Å². The first kappa shape index (κ1) is 19.4. The number of benzene rings is 3. The number of aryl methyl sites for hydroxylation is 1. The molecule has 0 bridgehead atoms. The van der Waals surface area contributed by atoms with Crippen molar-refractivity contribution in [1.82, 2.24) is 9.55 Å². The molecule has 1 heterocycles. The van der Waals surface area contributed by atoms with Gasteiger partial charge in [0.25, 0.3) is 11.5 Å². The number of nitrogens with zero attached hydrogens (tertiary/aromatic N) is 2. The first-order chi connectivity index (χ1) is 14.4. The molecular formula is C22H14F3N3O2. The molecule has 1 aromatic heterocycles. The Morgan fingerprint density at radius 2 is 1.63 bits per heavy atom. The number of halogens is 3. The standard InChI is InChI=1S/C22H14F3N3O2/c1-12-26-17-5-3-2-4-15(17)22(30)28(12)14-8-6-13(7-9-14)21(29)27-18-11-10-16(23)19(24)20(18)25/h2-11H,1H3,(H,27,29). The molecule has 3 aromatic carbocycles. The summed E-state index contributed by atoms with van der Waals surface area (Å²) >= 11 is 0. The van der Waals surface area contributed by atoms with E-state index in [4.69, 9.17) is 0 Å². The second kappa shape index (κ2) is 7.47. The van der Waals surface area contributed by atoms with Crippen molar-refractivity contribution in [3.8, 4) is 5.69 Å². The van der Waals surface area contributed by atoms with Crippen molar-refractivity contribution in [2.75, 3.05) is 5.32 Å². The van der Waals surface area contributed by atoms with E-state index in [2.05, 4.69) is 10.3 Å². The number of rotatable bonds is 3. The molecule has 0 atom stereocenters. The van der Waals surface area contributed by atoms with Crippen LogP contribution in [0.15, 0.2) is 65.5 Å². The van der Waals surface area contributed by atoms with Gasteiger partial charge in [0.05, 0.1) is 22.3 Å². The zero-order valence-electron chi connectivity index (χ0n) is 15.6. The zero-order valence-corrected chi connectivity index (χ0v) is 15.6. The molecule has 0 saturated carbocycles. The van der Waals surface area contributed by atoms with E-state index in [9.17, 15) is 22.8 Å². The summed E-state index contributed by atoms with van der Waals surface area (Å²) in [7, 11) is 0. The molecule has 0 fully saturated rings. The molecule has 0 aliphatic rings. The Morgan fingerprint density at radius 1 is 0.933 bits per heavy atom. The lowest BCUT2D eigenvalue weighted by Gasteiger charge is -2.12. The summed E-state index contributed by atoms with van der Waals surface area (Å²) in [6, 6.07) is 14.6. The Morgan fingerprint density at radius 3 is 2.37 bits per heavy atom. The number of anilines is 1. The van der Waals surface area contributed by atoms with Crippen LogP contribution in [0.3, 0.4) is 0 Å². The highest BCUT2D eigenvalue weighted by molar-refractivity contribution is 6.04. The molecule has 0 radical (unpaired) electrons. The number of para-hydroxylation sites is 1. The summed E-state index contributed by atoms with van der Waals surface area (Å²) < 4.78 is 41.5. The number of hydrogen-bond acceptors (Lipinski definition) is 3. The normalized spacial score (nSPS) is 10.9. The summed E-state index contributed by atoms with van der Waals surface area (Å²) in [5, 5.41) is 2.66. The lowest BCUT2D eigenvalue weighted by Crippen LogP contribution is -2.22. The number of carbonyl (C=O) groups excluding carboxylic acids is 1. The van der Waals surface area contributed by atoms with Gasteiger partial charge in [-0.2, -0.15) is 0 Å². The number of hydrogen-bond donors (Lipinski definition) is 1. The Bertz CT molecular complexity index is 1350. The SMILES string of the molecule is Cc1nc2ccccc2c(=O)n1-c1ccc(C(=O)Nc2ccc(F)c(F)c2F)cc1. The maximum atomic E-state index is 13.8. The molecule has 4 rings (SSSR count). The first-order valence-electron chi connectivity index (χ1n) is 8.90. The minimum Gasteiger partial charge on any atom is -0.319 e. The number of amides is 1. The predicted molar refractivity (Wildman–Crippen MR) is 106 cm³/mol. The van der Waals surface area contributed by atoms with Gasteiger partial charge in [0.1, 0.15) is 5.82 Å². The van der Waals surface area contributed by atoms with Crippen LogP contribution in [0.4, 0.5) is 18.9 Å². The Balaban J connectivity index is 1.65. The van der Waals surface area contributed by atoms with E-state index in [1.165, 1.54) is 16.7 Å². The second-order valence-electron chi connectivity index (χ2n) is 6.54. The van der Waals surface area contributed by atoms with E-state index in [0.29, 0.717) is 22.4 Å². The van der Waals surface area contributed by atoms with Gasteiger partial charge >= 0.3 is 0 Å². The Hall–Kier alpha value is -3.94. The topological polar surface area (TPSA) is 64.0 Å². The number of aromatic nitrogens is 2. The van der Waals surface area contributed by atoms with Crippen molar-refractivity contribution >= 4 is 22.5 Å². The van der Waals surface area contributed by atoms with Crippen molar-refractivity contribution in [3.63, 3.8) is 0 Å². The maximum Gasteiger partial charge on any atom is 0.265 e. The monoisotopic (exact) mass is 409 g/mol. The van der Waals surface area contributed by atoms with Crippen LogP contribution in [0.1, 0.15) is 16.2 Å². The van der Waals surface area contributed by atoms with Gasteiger partial charge in [-0.25, -0.2) is 18.2 Å². The first-order valence-corrected chi connectivity index (χ1v) is 8.90. The van der Waals surface area contributed by atoms with Crippen LogP contribution >= 0.6 is 0 Å². The molecule has 0 unspecified atom stereocenters. The second-order valence-corrected chi connectivity index (χ2v) is 6.54. The third-order valence-corrected chi connectivity index (χ3v) is 4.61. The number of fused-ring (bicyclic) bond motifs is 1. The van der Waals surface area contributed by atoms with Crippen molar-refractivity contribution < 1.29 is 18.0 Å². The summed E-state index contributed by atoms with van der Waals surface area (Å²) in [6.45, 7) is 1.69. The smallest absolute Gasteiger partial charge is 0.265 e. The fraction of sp³-hybridized carbons (Fsp3) is 0.0455. The highest BCUT2D eigenvalue weighted by Crippen LogP contribution is 2.21. The molecule has 1 N–H and O–H groups in total. The fourth-order valence-electron chi connectivity index (χ4n) is 3.13. The van der Waals surface area contributed by atoms with E-state index in [-0.39, 0.29) is 11.1 Å². The van der Waals surface area contributed by atoms with E-state index in [0.717, 1.165) is 12.1 Å². The molecule has 8 heteroatoms. The van der Waals surface area contributed by atoms with Crippen LogP contribution in [-0.2, 0) is 0 Å². The molecular weight excluding hydrogens is 395 g/mol. The van der Waals surface area contributed by atoms with Gasteiger partial charge in [-0.05, 0) is 55.5 Å². The zero-order chi connectivity index (χ0) is 21.4. The minimum absolute atomic E-state index is 0.141. The van der Waals surface area contributed by atoms with Crippen LogP contribution < -0.4 is 10.9 Å². The van der Waals surface area contributed by atoms with Crippen molar-refractivity contribution in [3.05, 3.63) is 99.9 Å². The van der Waals surface area contributed by atoms with Crippen molar-refractivity contribution in [1.29, 1.82) is 0 Å². The van der Waals surface area contributed by atoms with Crippen LogP contribution in [0, 0.1) is 24.4 Å². The van der Waals surface area contributed by atoms with E-state index in [1.54, 1.807) is 43.3 Å². The quantitative estimate of drug-likeness (QED) is 0.512. The van der Waals surface area contributed by atoms with Gasteiger partial charge in [0, 0.05) is 5.56 Å². The largest absolute Gasteiger partial charge is 0.319 e. The van der Waals surface area contributed by atoms with Crippen LogP contribution in [0.5, 0.6) is 0 Å². The molecule has 0 saturated heterocycles. The summed E-state index contributed by atoms with van der Waals surface area (Å²) in [5.41, 5.74) is 0.488. The summed E-state index contributed by atoms with van der Waals surface area (Å²) in [6.07, 6.45) is 0. The highest BCUT2D eigenvalue weighted by Gasteiger charge is 2.16. The minimum atomic E-state index is -1.66. The number of carbonyl (C=O) groups is 1. The van der Waals surface area contributed by atoms with Crippen molar-refractivity contribution in [2.45, 2.75) is 6.92 Å². The summed E-state index contributed by atoms with van der Waals surface area (Å²) in [5.74, 6) is -4.74. The molecule has 5 nitrogen and oxygen atoms in total. The van der Waals surface area contributed by atoms with Gasteiger partial charge in [0.2, 0.25) is 0 Å². The van der Waals surface area contributed by atoms with Crippen LogP contribution in [0.2, 0.25) is 0 Å². The summed E-state index contributed by atoms with van der Waals surface area (Å²) in [4.78, 5) is 29.6. The van der Waals surface area contributed by atoms with Gasteiger partial charge in [-0.15, -0.1) is 0 Å². The molecule has 150 valence electrons.